The SMILES string of the molecule is CC(C)C1CCCCC1N[C@H](CO)c1ccccc1. The van der Waals surface area contributed by atoms with E-state index in [1.165, 1.54) is 31.2 Å². The summed E-state index contributed by atoms with van der Waals surface area (Å²) >= 11 is 0. The first kappa shape index (κ1) is 14.5. The van der Waals surface area contributed by atoms with Crippen LogP contribution in [0.1, 0.15) is 51.1 Å². The van der Waals surface area contributed by atoms with Crippen LogP contribution in [0.25, 0.3) is 0 Å². The van der Waals surface area contributed by atoms with Crippen LogP contribution >= 0.6 is 0 Å². The lowest BCUT2D eigenvalue weighted by Crippen LogP contribution is -2.43. The lowest BCUT2D eigenvalue weighted by molar-refractivity contribution is 0.163. The number of nitrogens with one attached hydrogen (secondary N) is 1. The van der Waals surface area contributed by atoms with E-state index in [9.17, 15) is 5.11 Å². The minimum Gasteiger partial charge on any atom is -0.394 e. The van der Waals surface area contributed by atoms with Gasteiger partial charge in [0.15, 0.2) is 0 Å². The predicted molar refractivity (Wildman–Crippen MR) is 80.0 cm³/mol. The molecule has 2 N–H and O–H groups in total. The standard InChI is InChI=1S/C17H27NO/c1-13(2)15-10-6-7-11-16(15)18-17(12-19)14-8-4-3-5-9-14/h3-5,8-9,13,15-19H,6-7,10-12H2,1-2H3/t15?,16?,17-/m1/s1. The van der Waals surface area contributed by atoms with Gasteiger partial charge in [0.2, 0.25) is 0 Å². The zero-order valence-corrected chi connectivity index (χ0v) is 12.2. The molecule has 19 heavy (non-hydrogen) atoms. The highest BCUT2D eigenvalue weighted by atomic mass is 16.3. The lowest BCUT2D eigenvalue weighted by atomic mass is 9.77. The van der Waals surface area contributed by atoms with E-state index in [4.69, 9.17) is 0 Å². The number of aliphatic hydroxyl groups excluding tert-OH is 1. The minimum atomic E-state index is 0.0746. The molecule has 2 rings (SSSR count). The molecule has 2 heteroatoms. The minimum absolute atomic E-state index is 0.0746. The number of rotatable bonds is 5. The first-order chi connectivity index (χ1) is 9.22. The van der Waals surface area contributed by atoms with Crippen LogP contribution in [0.15, 0.2) is 30.3 Å². The van der Waals surface area contributed by atoms with Gasteiger partial charge in [-0.2, -0.15) is 0 Å². The summed E-state index contributed by atoms with van der Waals surface area (Å²) in [5, 5.41) is 13.4. The Labute approximate surface area is 117 Å². The molecule has 0 aliphatic heterocycles. The second kappa shape index (κ2) is 7.06. The molecule has 0 heterocycles. The number of hydrogen-bond donors (Lipinski definition) is 2. The summed E-state index contributed by atoms with van der Waals surface area (Å²) in [6.07, 6.45) is 5.23. The third-order valence-corrected chi connectivity index (χ3v) is 4.48. The summed E-state index contributed by atoms with van der Waals surface area (Å²) < 4.78 is 0. The molecule has 1 saturated carbocycles. The van der Waals surface area contributed by atoms with Gasteiger partial charge in [-0.25, -0.2) is 0 Å². The van der Waals surface area contributed by atoms with Gasteiger partial charge in [-0.1, -0.05) is 57.0 Å². The molecule has 1 fully saturated rings. The Bertz CT molecular complexity index is 363. The molecule has 1 aromatic carbocycles. The fraction of sp³-hybridized carbons (Fsp3) is 0.647. The zero-order valence-electron chi connectivity index (χ0n) is 12.2. The topological polar surface area (TPSA) is 32.3 Å². The van der Waals surface area contributed by atoms with Crippen LogP contribution in [0.3, 0.4) is 0 Å². The Morgan fingerprint density at radius 2 is 1.84 bits per heavy atom. The van der Waals surface area contributed by atoms with E-state index in [0.717, 1.165) is 5.92 Å². The molecule has 0 bridgehead atoms. The Balaban J connectivity index is 2.04. The summed E-state index contributed by atoms with van der Waals surface area (Å²) in [5.41, 5.74) is 1.19. The summed E-state index contributed by atoms with van der Waals surface area (Å²) in [6.45, 7) is 4.81. The van der Waals surface area contributed by atoms with Crippen LogP contribution in [-0.4, -0.2) is 17.8 Å². The Morgan fingerprint density at radius 3 is 2.47 bits per heavy atom. The number of hydrogen-bond acceptors (Lipinski definition) is 2. The van der Waals surface area contributed by atoms with Crippen LogP contribution in [-0.2, 0) is 0 Å². The van der Waals surface area contributed by atoms with E-state index in [-0.39, 0.29) is 12.6 Å². The molecule has 2 nitrogen and oxygen atoms in total. The second-order valence-corrected chi connectivity index (χ2v) is 6.11. The van der Waals surface area contributed by atoms with Crippen molar-refractivity contribution in [3.05, 3.63) is 35.9 Å². The molecule has 2 unspecified atom stereocenters. The molecule has 0 amide bonds. The van der Waals surface area contributed by atoms with Crippen molar-refractivity contribution in [1.29, 1.82) is 0 Å². The summed E-state index contributed by atoms with van der Waals surface area (Å²) in [5.74, 6) is 1.46. The van der Waals surface area contributed by atoms with Crippen molar-refractivity contribution in [2.45, 2.75) is 51.6 Å². The summed E-state index contributed by atoms with van der Waals surface area (Å²) in [6, 6.07) is 10.9. The van der Waals surface area contributed by atoms with Crippen LogP contribution in [0, 0.1) is 11.8 Å². The largest absolute Gasteiger partial charge is 0.394 e. The second-order valence-electron chi connectivity index (χ2n) is 6.11. The van der Waals surface area contributed by atoms with Crippen molar-refractivity contribution >= 4 is 0 Å². The first-order valence-corrected chi connectivity index (χ1v) is 7.64. The zero-order chi connectivity index (χ0) is 13.7. The van der Waals surface area contributed by atoms with Crippen LogP contribution in [0.2, 0.25) is 0 Å². The molecule has 106 valence electrons. The molecule has 0 saturated heterocycles. The van der Waals surface area contributed by atoms with E-state index >= 15 is 0 Å². The normalized spacial score (nSPS) is 25.5. The molecule has 1 aromatic rings. The van der Waals surface area contributed by atoms with Gasteiger partial charge < -0.3 is 10.4 Å². The van der Waals surface area contributed by atoms with Crippen molar-refractivity contribution in [2.24, 2.45) is 11.8 Å². The van der Waals surface area contributed by atoms with Crippen molar-refractivity contribution in [2.75, 3.05) is 6.61 Å². The van der Waals surface area contributed by atoms with E-state index in [2.05, 4.69) is 31.3 Å². The van der Waals surface area contributed by atoms with Gasteiger partial charge >= 0.3 is 0 Å². The Morgan fingerprint density at radius 1 is 1.16 bits per heavy atom. The number of benzene rings is 1. The third kappa shape index (κ3) is 3.80. The van der Waals surface area contributed by atoms with Crippen LogP contribution in [0.5, 0.6) is 0 Å². The first-order valence-electron chi connectivity index (χ1n) is 7.64. The molecular weight excluding hydrogens is 234 g/mol. The van der Waals surface area contributed by atoms with E-state index in [1.807, 2.05) is 18.2 Å². The molecule has 3 atom stereocenters. The molecule has 1 aliphatic rings. The monoisotopic (exact) mass is 261 g/mol. The molecule has 0 spiro atoms. The van der Waals surface area contributed by atoms with Gasteiger partial charge in [0.05, 0.1) is 12.6 Å². The fourth-order valence-corrected chi connectivity index (χ4v) is 3.36. The molecule has 1 aliphatic carbocycles. The van der Waals surface area contributed by atoms with E-state index in [1.54, 1.807) is 0 Å². The molecule has 0 aromatic heterocycles. The maximum Gasteiger partial charge on any atom is 0.0626 e. The van der Waals surface area contributed by atoms with Crippen molar-refractivity contribution in [3.8, 4) is 0 Å². The summed E-state index contributed by atoms with van der Waals surface area (Å²) in [7, 11) is 0. The van der Waals surface area contributed by atoms with Crippen LogP contribution < -0.4 is 5.32 Å². The van der Waals surface area contributed by atoms with E-state index < -0.39 is 0 Å². The highest BCUT2D eigenvalue weighted by molar-refractivity contribution is 5.19. The van der Waals surface area contributed by atoms with Gasteiger partial charge in [0.1, 0.15) is 0 Å². The lowest BCUT2D eigenvalue weighted by Gasteiger charge is -2.37. The maximum atomic E-state index is 9.67. The Kier molecular flexibility index (Phi) is 5.41. The third-order valence-electron chi connectivity index (χ3n) is 4.48. The smallest absolute Gasteiger partial charge is 0.0626 e. The summed E-state index contributed by atoms with van der Waals surface area (Å²) in [4.78, 5) is 0. The highest BCUT2D eigenvalue weighted by Crippen LogP contribution is 2.31. The van der Waals surface area contributed by atoms with Gasteiger partial charge in [-0.15, -0.1) is 0 Å². The van der Waals surface area contributed by atoms with Gasteiger partial charge in [-0.05, 0) is 30.2 Å². The van der Waals surface area contributed by atoms with Crippen molar-refractivity contribution in [1.82, 2.24) is 5.32 Å². The van der Waals surface area contributed by atoms with Crippen molar-refractivity contribution in [3.63, 3.8) is 0 Å². The molecule has 0 radical (unpaired) electrons. The van der Waals surface area contributed by atoms with Crippen molar-refractivity contribution < 1.29 is 5.11 Å². The van der Waals surface area contributed by atoms with Crippen LogP contribution in [0.4, 0.5) is 0 Å². The average Bonchev–Trinajstić information content (AvgIpc) is 2.46. The fourth-order valence-electron chi connectivity index (χ4n) is 3.36. The van der Waals surface area contributed by atoms with Gasteiger partial charge in [0, 0.05) is 6.04 Å². The average molecular weight is 261 g/mol. The number of aliphatic hydroxyl groups is 1. The van der Waals surface area contributed by atoms with E-state index in [0.29, 0.717) is 12.0 Å². The van der Waals surface area contributed by atoms with Gasteiger partial charge in [0.25, 0.3) is 0 Å². The maximum absolute atomic E-state index is 9.67. The molecular formula is C17H27NO. The Hall–Kier alpha value is -0.860. The highest BCUT2D eigenvalue weighted by Gasteiger charge is 2.29. The quantitative estimate of drug-likeness (QED) is 0.850. The van der Waals surface area contributed by atoms with Gasteiger partial charge in [-0.3, -0.25) is 0 Å². The predicted octanol–water partition coefficient (Wildman–Crippen LogP) is 3.52.